The van der Waals surface area contributed by atoms with Crippen LogP contribution in [-0.4, -0.2) is 28.0 Å². The Labute approximate surface area is 112 Å². The molecule has 2 heterocycles. The maximum absolute atomic E-state index is 10.7. The van der Waals surface area contributed by atoms with Crippen LogP contribution in [0.25, 0.3) is 0 Å². The van der Waals surface area contributed by atoms with Crippen molar-refractivity contribution >= 4 is 17.5 Å². The smallest absolute Gasteiger partial charge is 0.329 e. The van der Waals surface area contributed by atoms with E-state index in [1.165, 1.54) is 19.0 Å². The number of anilines is 2. The third-order valence-electron chi connectivity index (χ3n) is 3.69. The van der Waals surface area contributed by atoms with Gasteiger partial charge in [-0.1, -0.05) is 13.3 Å². The van der Waals surface area contributed by atoms with Gasteiger partial charge in [0.15, 0.2) is 0 Å². The van der Waals surface area contributed by atoms with Gasteiger partial charge >= 0.3 is 5.69 Å². The van der Waals surface area contributed by atoms with E-state index in [4.69, 9.17) is 5.73 Å². The van der Waals surface area contributed by atoms with Gasteiger partial charge in [-0.15, -0.1) is 0 Å². The molecule has 1 atom stereocenters. The second kappa shape index (κ2) is 5.81. The summed E-state index contributed by atoms with van der Waals surface area (Å²) < 4.78 is 0. The second-order valence-electron chi connectivity index (χ2n) is 4.89. The molecule has 1 unspecified atom stereocenters. The van der Waals surface area contributed by atoms with Crippen LogP contribution < -0.4 is 10.6 Å². The molecule has 2 rings (SSSR count). The van der Waals surface area contributed by atoms with Gasteiger partial charge in [-0.3, -0.25) is 10.1 Å². The van der Waals surface area contributed by atoms with Crippen molar-refractivity contribution < 1.29 is 4.92 Å². The normalized spacial score (nSPS) is 20.1. The average molecular weight is 265 g/mol. The van der Waals surface area contributed by atoms with Crippen LogP contribution in [0.2, 0.25) is 0 Å². The van der Waals surface area contributed by atoms with Crippen LogP contribution in [0.3, 0.4) is 0 Å². The van der Waals surface area contributed by atoms with Crippen LogP contribution in [-0.2, 0) is 0 Å². The number of nitrogens with zero attached hydrogens (tertiary/aromatic N) is 4. The number of nitrogens with two attached hydrogens (primary N) is 1. The molecule has 0 aliphatic carbocycles. The Hall–Kier alpha value is -1.92. The van der Waals surface area contributed by atoms with Crippen molar-refractivity contribution in [1.82, 2.24) is 9.97 Å². The van der Waals surface area contributed by atoms with E-state index in [-0.39, 0.29) is 11.5 Å². The lowest BCUT2D eigenvalue weighted by Gasteiger charge is -2.20. The summed E-state index contributed by atoms with van der Waals surface area (Å²) >= 11 is 0. The minimum absolute atomic E-state index is 0.0636. The summed E-state index contributed by atoms with van der Waals surface area (Å²) in [6, 6.07) is 0. The summed E-state index contributed by atoms with van der Waals surface area (Å²) in [7, 11) is 0. The zero-order valence-corrected chi connectivity index (χ0v) is 11.1. The van der Waals surface area contributed by atoms with Crippen LogP contribution in [0.5, 0.6) is 0 Å². The van der Waals surface area contributed by atoms with Crippen molar-refractivity contribution in [1.29, 1.82) is 0 Å². The first kappa shape index (κ1) is 13.5. The van der Waals surface area contributed by atoms with Crippen molar-refractivity contribution in [2.24, 2.45) is 5.92 Å². The fourth-order valence-corrected chi connectivity index (χ4v) is 2.45. The zero-order valence-electron chi connectivity index (χ0n) is 11.1. The molecule has 7 nitrogen and oxygen atoms in total. The molecule has 1 aliphatic rings. The lowest BCUT2D eigenvalue weighted by Crippen LogP contribution is -2.26. The Morgan fingerprint density at radius 3 is 2.95 bits per heavy atom. The lowest BCUT2D eigenvalue weighted by atomic mass is 9.98. The molecule has 0 amide bonds. The van der Waals surface area contributed by atoms with Gasteiger partial charge in [-0.05, 0) is 25.2 Å². The number of hydrogen-bond donors (Lipinski definition) is 1. The summed E-state index contributed by atoms with van der Waals surface area (Å²) in [5.41, 5.74) is 5.37. The highest BCUT2D eigenvalue weighted by atomic mass is 16.6. The first-order valence-corrected chi connectivity index (χ1v) is 6.63. The topological polar surface area (TPSA) is 98.2 Å². The molecule has 0 radical (unpaired) electrons. The SMILES string of the molecule is CCC1CCCN(c2ncc([N+](=O)[O-])c(N)n2)CC1. The van der Waals surface area contributed by atoms with E-state index >= 15 is 0 Å². The molecule has 2 N–H and O–H groups in total. The predicted octanol–water partition coefficient (Wildman–Crippen LogP) is 1.98. The molecule has 1 aromatic rings. The molecule has 0 aromatic carbocycles. The van der Waals surface area contributed by atoms with Gasteiger partial charge in [0.05, 0.1) is 4.92 Å². The van der Waals surface area contributed by atoms with Gasteiger partial charge in [0.2, 0.25) is 11.8 Å². The summed E-state index contributed by atoms with van der Waals surface area (Å²) in [5, 5.41) is 10.7. The molecule has 0 spiro atoms. The molecular formula is C12H19N5O2. The fraction of sp³-hybridized carbons (Fsp3) is 0.667. The predicted molar refractivity (Wildman–Crippen MR) is 72.9 cm³/mol. The largest absolute Gasteiger partial charge is 0.378 e. The molecule has 1 aromatic heterocycles. The third kappa shape index (κ3) is 3.10. The highest BCUT2D eigenvalue weighted by Crippen LogP contribution is 2.25. The highest BCUT2D eigenvalue weighted by Gasteiger charge is 2.20. The van der Waals surface area contributed by atoms with Gasteiger partial charge in [0.25, 0.3) is 0 Å². The Kier molecular flexibility index (Phi) is 4.13. The number of aromatic nitrogens is 2. The Morgan fingerprint density at radius 1 is 1.53 bits per heavy atom. The van der Waals surface area contributed by atoms with E-state index in [9.17, 15) is 10.1 Å². The van der Waals surface area contributed by atoms with Gasteiger partial charge in [0, 0.05) is 13.1 Å². The monoisotopic (exact) mass is 265 g/mol. The van der Waals surface area contributed by atoms with E-state index < -0.39 is 4.92 Å². The maximum Gasteiger partial charge on any atom is 0.329 e. The molecule has 1 aliphatic heterocycles. The van der Waals surface area contributed by atoms with Gasteiger partial charge < -0.3 is 10.6 Å². The highest BCUT2D eigenvalue weighted by molar-refractivity contribution is 5.53. The first-order valence-electron chi connectivity index (χ1n) is 6.63. The first-order chi connectivity index (χ1) is 9.11. The average Bonchev–Trinajstić information content (AvgIpc) is 2.63. The number of hydrogen-bond acceptors (Lipinski definition) is 6. The van der Waals surface area contributed by atoms with Crippen LogP contribution in [0.15, 0.2) is 6.20 Å². The fourth-order valence-electron chi connectivity index (χ4n) is 2.45. The van der Waals surface area contributed by atoms with Crippen LogP contribution >= 0.6 is 0 Å². The van der Waals surface area contributed by atoms with Crippen LogP contribution in [0.4, 0.5) is 17.5 Å². The Balaban J connectivity index is 2.13. The van der Waals surface area contributed by atoms with Crippen molar-refractivity contribution in [3.05, 3.63) is 16.3 Å². The summed E-state index contributed by atoms with van der Waals surface area (Å²) in [6.07, 6.45) is 5.81. The van der Waals surface area contributed by atoms with Crippen LogP contribution in [0, 0.1) is 16.0 Å². The zero-order chi connectivity index (χ0) is 13.8. The quantitative estimate of drug-likeness (QED) is 0.662. The lowest BCUT2D eigenvalue weighted by molar-refractivity contribution is -0.384. The van der Waals surface area contributed by atoms with Gasteiger partial charge in [-0.2, -0.15) is 4.98 Å². The maximum atomic E-state index is 10.7. The standard InChI is InChI=1S/C12H19N5O2/c1-2-9-4-3-6-16(7-5-9)12-14-8-10(17(18)19)11(13)15-12/h8-9H,2-7H2,1H3,(H2,13,14,15). The minimum Gasteiger partial charge on any atom is -0.378 e. The molecule has 0 saturated carbocycles. The number of rotatable bonds is 3. The molecule has 1 fully saturated rings. The summed E-state index contributed by atoms with van der Waals surface area (Å²) in [5.74, 6) is 1.19. The minimum atomic E-state index is -0.561. The van der Waals surface area contributed by atoms with E-state index in [2.05, 4.69) is 21.8 Å². The Morgan fingerprint density at radius 2 is 2.32 bits per heavy atom. The van der Waals surface area contributed by atoms with Gasteiger partial charge in [0.1, 0.15) is 6.20 Å². The molecule has 104 valence electrons. The van der Waals surface area contributed by atoms with Gasteiger partial charge in [-0.25, -0.2) is 4.98 Å². The van der Waals surface area contributed by atoms with Crippen molar-refractivity contribution in [3.8, 4) is 0 Å². The van der Waals surface area contributed by atoms with E-state index in [0.717, 1.165) is 31.8 Å². The van der Waals surface area contributed by atoms with E-state index in [1.54, 1.807) is 0 Å². The molecular weight excluding hydrogens is 246 g/mol. The number of nitro groups is 1. The van der Waals surface area contributed by atoms with E-state index in [1.807, 2.05) is 0 Å². The second-order valence-corrected chi connectivity index (χ2v) is 4.89. The van der Waals surface area contributed by atoms with Crippen molar-refractivity contribution in [2.45, 2.75) is 32.6 Å². The molecule has 7 heteroatoms. The van der Waals surface area contributed by atoms with Crippen molar-refractivity contribution in [2.75, 3.05) is 23.7 Å². The summed E-state index contributed by atoms with van der Waals surface area (Å²) in [4.78, 5) is 20.3. The Bertz CT molecular complexity index is 465. The number of nitrogen functional groups attached to an aromatic ring is 1. The molecule has 0 bridgehead atoms. The third-order valence-corrected chi connectivity index (χ3v) is 3.69. The molecule has 1 saturated heterocycles. The van der Waals surface area contributed by atoms with Crippen LogP contribution in [0.1, 0.15) is 32.6 Å². The van der Waals surface area contributed by atoms with E-state index in [0.29, 0.717) is 5.95 Å². The summed E-state index contributed by atoms with van der Waals surface area (Å²) in [6.45, 7) is 3.98. The molecule has 19 heavy (non-hydrogen) atoms. The van der Waals surface area contributed by atoms with Crippen molar-refractivity contribution in [3.63, 3.8) is 0 Å².